The van der Waals surface area contributed by atoms with Gasteiger partial charge in [0.2, 0.25) is 0 Å². The van der Waals surface area contributed by atoms with Crippen molar-refractivity contribution in [2.75, 3.05) is 41.5 Å². The third kappa shape index (κ3) is 2.69. The fourth-order valence-corrected chi connectivity index (χ4v) is 2.97. The van der Waals surface area contributed by atoms with Gasteiger partial charge in [0.1, 0.15) is 17.2 Å². The summed E-state index contributed by atoms with van der Waals surface area (Å²) in [5, 5.41) is 0. The Morgan fingerprint density at radius 1 is 1.15 bits per heavy atom. The molecule has 20 heavy (non-hydrogen) atoms. The van der Waals surface area contributed by atoms with Crippen LogP contribution in [0.5, 0.6) is 17.2 Å². The van der Waals surface area contributed by atoms with E-state index in [0.717, 1.165) is 35.8 Å². The van der Waals surface area contributed by atoms with E-state index in [4.69, 9.17) is 19.9 Å². The average Bonchev–Trinajstić information content (AvgIpc) is 2.86. The SMILES string of the molecule is COc1cc(OC)c(C2CC(CN)CN2C)c(OC)c1. The van der Waals surface area contributed by atoms with E-state index in [2.05, 4.69) is 11.9 Å². The molecule has 1 heterocycles. The fraction of sp³-hybridized carbons (Fsp3) is 0.600. The first kappa shape index (κ1) is 14.9. The summed E-state index contributed by atoms with van der Waals surface area (Å²) < 4.78 is 16.4. The Morgan fingerprint density at radius 3 is 2.15 bits per heavy atom. The summed E-state index contributed by atoms with van der Waals surface area (Å²) in [4.78, 5) is 2.31. The van der Waals surface area contributed by atoms with E-state index in [1.54, 1.807) is 21.3 Å². The molecule has 0 radical (unpaired) electrons. The van der Waals surface area contributed by atoms with Crippen LogP contribution in [0.25, 0.3) is 0 Å². The van der Waals surface area contributed by atoms with Crippen LogP contribution in [-0.4, -0.2) is 46.4 Å². The Kier molecular flexibility index (Phi) is 4.73. The van der Waals surface area contributed by atoms with Crippen LogP contribution in [0.15, 0.2) is 12.1 Å². The molecule has 1 aromatic rings. The molecule has 112 valence electrons. The maximum Gasteiger partial charge on any atom is 0.131 e. The Balaban J connectivity index is 2.44. The Hall–Kier alpha value is -1.46. The summed E-state index contributed by atoms with van der Waals surface area (Å²) in [6, 6.07) is 4.07. The molecule has 1 fully saturated rings. The van der Waals surface area contributed by atoms with Gasteiger partial charge in [0, 0.05) is 24.7 Å². The van der Waals surface area contributed by atoms with E-state index in [-0.39, 0.29) is 6.04 Å². The highest BCUT2D eigenvalue weighted by Gasteiger charge is 2.34. The van der Waals surface area contributed by atoms with Gasteiger partial charge in [-0.05, 0) is 25.9 Å². The highest BCUT2D eigenvalue weighted by molar-refractivity contribution is 5.52. The first-order valence-electron chi connectivity index (χ1n) is 6.84. The summed E-state index contributed by atoms with van der Waals surface area (Å²) >= 11 is 0. The topological polar surface area (TPSA) is 57.0 Å². The zero-order valence-corrected chi connectivity index (χ0v) is 12.7. The molecule has 2 unspecified atom stereocenters. The molecule has 1 aromatic carbocycles. The first-order chi connectivity index (χ1) is 9.64. The van der Waals surface area contributed by atoms with Gasteiger partial charge in [0.05, 0.1) is 26.9 Å². The Labute approximate surface area is 120 Å². The van der Waals surface area contributed by atoms with Gasteiger partial charge in [-0.3, -0.25) is 4.90 Å². The van der Waals surface area contributed by atoms with Gasteiger partial charge in [-0.1, -0.05) is 0 Å². The Bertz CT molecular complexity index is 439. The molecule has 0 bridgehead atoms. The van der Waals surface area contributed by atoms with Gasteiger partial charge < -0.3 is 19.9 Å². The lowest BCUT2D eigenvalue weighted by Crippen LogP contribution is -2.21. The maximum absolute atomic E-state index is 5.81. The standard InChI is InChI=1S/C15H24N2O3/c1-17-9-10(8-16)5-12(17)15-13(19-3)6-11(18-2)7-14(15)20-4/h6-7,10,12H,5,8-9,16H2,1-4H3. The van der Waals surface area contributed by atoms with Crippen molar-refractivity contribution in [3.63, 3.8) is 0 Å². The molecule has 0 aromatic heterocycles. The molecule has 2 atom stereocenters. The van der Waals surface area contributed by atoms with Gasteiger partial charge in [-0.15, -0.1) is 0 Å². The van der Waals surface area contributed by atoms with Crippen LogP contribution in [0, 0.1) is 5.92 Å². The van der Waals surface area contributed by atoms with Crippen LogP contribution in [0.4, 0.5) is 0 Å². The minimum atomic E-state index is 0.263. The van der Waals surface area contributed by atoms with Gasteiger partial charge >= 0.3 is 0 Å². The number of hydrogen-bond donors (Lipinski definition) is 1. The molecule has 2 N–H and O–H groups in total. The van der Waals surface area contributed by atoms with Crippen LogP contribution in [0.3, 0.4) is 0 Å². The lowest BCUT2D eigenvalue weighted by Gasteiger charge is -2.24. The van der Waals surface area contributed by atoms with Crippen molar-refractivity contribution in [1.29, 1.82) is 0 Å². The third-order valence-corrected chi connectivity index (χ3v) is 4.05. The molecular weight excluding hydrogens is 256 g/mol. The first-order valence-corrected chi connectivity index (χ1v) is 6.84. The lowest BCUT2D eigenvalue weighted by molar-refractivity contribution is 0.289. The smallest absolute Gasteiger partial charge is 0.131 e. The monoisotopic (exact) mass is 280 g/mol. The predicted molar refractivity (Wildman–Crippen MR) is 78.6 cm³/mol. The number of nitrogens with zero attached hydrogens (tertiary/aromatic N) is 1. The van der Waals surface area contributed by atoms with Crippen LogP contribution < -0.4 is 19.9 Å². The number of methoxy groups -OCH3 is 3. The number of benzene rings is 1. The van der Waals surface area contributed by atoms with Gasteiger partial charge in [0.15, 0.2) is 0 Å². The fourth-order valence-electron chi connectivity index (χ4n) is 2.97. The van der Waals surface area contributed by atoms with E-state index in [9.17, 15) is 0 Å². The van der Waals surface area contributed by atoms with Crippen molar-refractivity contribution in [2.45, 2.75) is 12.5 Å². The predicted octanol–water partition coefficient (Wildman–Crippen LogP) is 1.66. The van der Waals surface area contributed by atoms with Crippen molar-refractivity contribution >= 4 is 0 Å². The molecule has 0 aliphatic carbocycles. The van der Waals surface area contributed by atoms with Crippen LogP contribution >= 0.6 is 0 Å². The largest absolute Gasteiger partial charge is 0.496 e. The number of rotatable bonds is 5. The minimum Gasteiger partial charge on any atom is -0.496 e. The van der Waals surface area contributed by atoms with Crippen molar-refractivity contribution in [3.8, 4) is 17.2 Å². The van der Waals surface area contributed by atoms with E-state index in [1.807, 2.05) is 12.1 Å². The van der Waals surface area contributed by atoms with E-state index >= 15 is 0 Å². The lowest BCUT2D eigenvalue weighted by atomic mass is 9.98. The molecule has 5 nitrogen and oxygen atoms in total. The van der Waals surface area contributed by atoms with Gasteiger partial charge in [-0.2, -0.15) is 0 Å². The van der Waals surface area contributed by atoms with E-state index in [1.165, 1.54) is 0 Å². The number of hydrogen-bond acceptors (Lipinski definition) is 5. The van der Waals surface area contributed by atoms with Crippen LogP contribution in [-0.2, 0) is 0 Å². The molecule has 0 amide bonds. The average molecular weight is 280 g/mol. The summed E-state index contributed by atoms with van der Waals surface area (Å²) in [5.74, 6) is 2.85. The summed E-state index contributed by atoms with van der Waals surface area (Å²) in [5.41, 5.74) is 6.89. The minimum absolute atomic E-state index is 0.263. The van der Waals surface area contributed by atoms with E-state index < -0.39 is 0 Å². The zero-order chi connectivity index (χ0) is 14.7. The quantitative estimate of drug-likeness (QED) is 0.889. The zero-order valence-electron chi connectivity index (χ0n) is 12.7. The van der Waals surface area contributed by atoms with Crippen molar-refractivity contribution in [1.82, 2.24) is 4.90 Å². The van der Waals surface area contributed by atoms with Crippen LogP contribution in [0.2, 0.25) is 0 Å². The second-order valence-corrected chi connectivity index (χ2v) is 5.24. The van der Waals surface area contributed by atoms with Gasteiger partial charge in [0.25, 0.3) is 0 Å². The molecule has 0 saturated carbocycles. The number of nitrogens with two attached hydrogens (primary N) is 1. The molecule has 1 saturated heterocycles. The Morgan fingerprint density at radius 2 is 1.75 bits per heavy atom. The second-order valence-electron chi connectivity index (χ2n) is 5.24. The molecule has 1 aliphatic rings. The molecule has 1 aliphatic heterocycles. The molecule has 2 rings (SSSR count). The van der Waals surface area contributed by atoms with Crippen molar-refractivity contribution < 1.29 is 14.2 Å². The summed E-state index contributed by atoms with van der Waals surface area (Å²) in [6.45, 7) is 1.71. The second kappa shape index (κ2) is 6.33. The molecular formula is C15H24N2O3. The van der Waals surface area contributed by atoms with Crippen molar-refractivity contribution in [2.24, 2.45) is 11.7 Å². The maximum atomic E-state index is 5.81. The van der Waals surface area contributed by atoms with Crippen molar-refractivity contribution in [3.05, 3.63) is 17.7 Å². The number of likely N-dealkylation sites (tertiary alicyclic amines) is 1. The van der Waals surface area contributed by atoms with Gasteiger partial charge in [-0.25, -0.2) is 0 Å². The highest BCUT2D eigenvalue weighted by atomic mass is 16.5. The molecule has 5 heteroatoms. The highest BCUT2D eigenvalue weighted by Crippen LogP contribution is 2.45. The normalized spacial score (nSPS) is 22.9. The number of ether oxygens (including phenoxy) is 3. The molecule has 0 spiro atoms. The summed E-state index contributed by atoms with van der Waals surface area (Å²) in [6.07, 6.45) is 1.02. The van der Waals surface area contributed by atoms with E-state index in [0.29, 0.717) is 12.5 Å². The third-order valence-electron chi connectivity index (χ3n) is 4.05. The van der Waals surface area contributed by atoms with Crippen LogP contribution in [0.1, 0.15) is 18.0 Å². The summed E-state index contributed by atoms with van der Waals surface area (Å²) in [7, 11) is 7.10.